The lowest BCUT2D eigenvalue weighted by molar-refractivity contribution is 0.578. The molecule has 0 fully saturated rings. The lowest BCUT2D eigenvalue weighted by atomic mass is 9.82. The van der Waals surface area contributed by atoms with Crippen molar-refractivity contribution in [3.8, 4) is 0 Å². The standard InChI is InChI=1S/3C20H18O/c1-20(2,3)18-14-9-5-4-8-13(14)12-16-15-10-6-7-11-17(15)21-19(16)18;1-20(2,3)14-9-11-17-16(12-14)19-15-7-5-4-6-13(15)8-10-18(19)21-17;1-20(2,3)15-8-9-18-17(12-15)16-10-13-6-4-5-7-14(13)11-19(16)21-18/h3*4-12H,1-3H3. The van der Waals surface area contributed by atoms with E-state index >= 15 is 0 Å². The number of benzene rings is 9. The zero-order valence-electron chi connectivity index (χ0n) is 37.8. The summed E-state index contributed by atoms with van der Waals surface area (Å²) in [7, 11) is 0. The molecule has 0 aliphatic carbocycles. The summed E-state index contributed by atoms with van der Waals surface area (Å²) < 4.78 is 18.3. The van der Waals surface area contributed by atoms with E-state index in [-0.39, 0.29) is 16.2 Å². The Kier molecular flexibility index (Phi) is 9.53. The van der Waals surface area contributed by atoms with Gasteiger partial charge in [0, 0.05) is 37.9 Å². The number of hydrogen-bond acceptors (Lipinski definition) is 3. The molecule has 63 heavy (non-hydrogen) atoms. The molecule has 3 heteroatoms. The molecule has 0 spiro atoms. The lowest BCUT2D eigenvalue weighted by Gasteiger charge is -2.21. The molecule has 12 rings (SSSR count). The van der Waals surface area contributed by atoms with E-state index in [9.17, 15) is 0 Å². The molecule has 312 valence electrons. The second-order valence-corrected chi connectivity index (χ2v) is 20.2. The largest absolute Gasteiger partial charge is 0.456 e. The summed E-state index contributed by atoms with van der Waals surface area (Å²) in [6.45, 7) is 20.2. The van der Waals surface area contributed by atoms with Crippen molar-refractivity contribution in [1.82, 2.24) is 0 Å². The average molecular weight is 823 g/mol. The Morgan fingerprint density at radius 1 is 0.286 bits per heavy atom. The minimum absolute atomic E-state index is 0.0347. The fourth-order valence-corrected chi connectivity index (χ4v) is 9.21. The summed E-state index contributed by atoms with van der Waals surface area (Å²) in [5.41, 5.74) is 10.2. The first-order chi connectivity index (χ1) is 30.1. The van der Waals surface area contributed by atoms with Gasteiger partial charge in [-0.15, -0.1) is 0 Å². The Morgan fingerprint density at radius 2 is 0.762 bits per heavy atom. The van der Waals surface area contributed by atoms with Gasteiger partial charge in [0.15, 0.2) is 0 Å². The molecule has 12 aromatic rings. The molecule has 3 nitrogen and oxygen atoms in total. The molecule has 0 unspecified atom stereocenters. The topological polar surface area (TPSA) is 39.4 Å². The van der Waals surface area contributed by atoms with Crippen LogP contribution in [0.1, 0.15) is 79.0 Å². The van der Waals surface area contributed by atoms with E-state index in [4.69, 9.17) is 13.3 Å². The molecule has 0 aliphatic heterocycles. The molecule has 0 N–H and O–H groups in total. The first-order valence-corrected chi connectivity index (χ1v) is 22.2. The number of rotatable bonds is 0. The van der Waals surface area contributed by atoms with Crippen LogP contribution in [0.2, 0.25) is 0 Å². The maximum atomic E-state index is 6.22. The molecule has 3 aromatic heterocycles. The van der Waals surface area contributed by atoms with Crippen molar-refractivity contribution in [3.05, 3.63) is 180 Å². The SMILES string of the molecule is CC(C)(C)c1c2ccccc2cc2c1oc1ccccc12.CC(C)(C)c1ccc2oc3cc4ccccc4cc3c2c1.CC(C)(C)c1ccc2oc3ccc4ccccc4c3c2c1. The molecule has 0 atom stereocenters. The number of furan rings is 3. The number of para-hydroxylation sites is 1. The first-order valence-electron chi connectivity index (χ1n) is 22.2. The van der Waals surface area contributed by atoms with Gasteiger partial charge in [-0.3, -0.25) is 0 Å². The Labute approximate surface area is 368 Å². The highest BCUT2D eigenvalue weighted by atomic mass is 16.3. The van der Waals surface area contributed by atoms with Crippen molar-refractivity contribution in [2.75, 3.05) is 0 Å². The molecular weight excluding hydrogens is 769 g/mol. The van der Waals surface area contributed by atoms with Gasteiger partial charge in [-0.25, -0.2) is 0 Å². The van der Waals surface area contributed by atoms with Crippen LogP contribution in [0, 0.1) is 0 Å². The van der Waals surface area contributed by atoms with Gasteiger partial charge in [0.05, 0.1) is 0 Å². The van der Waals surface area contributed by atoms with E-state index in [2.05, 4.69) is 214 Å². The second-order valence-electron chi connectivity index (χ2n) is 20.2. The van der Waals surface area contributed by atoms with Crippen LogP contribution in [0.3, 0.4) is 0 Å². The highest BCUT2D eigenvalue weighted by molar-refractivity contribution is 6.19. The Morgan fingerprint density at radius 3 is 1.43 bits per heavy atom. The summed E-state index contributed by atoms with van der Waals surface area (Å²) in [5, 5.41) is 14.8. The van der Waals surface area contributed by atoms with Gasteiger partial charge >= 0.3 is 0 Å². The van der Waals surface area contributed by atoms with Crippen molar-refractivity contribution < 1.29 is 13.3 Å². The van der Waals surface area contributed by atoms with Crippen LogP contribution >= 0.6 is 0 Å². The van der Waals surface area contributed by atoms with Gasteiger partial charge in [-0.05, 0) is 114 Å². The maximum Gasteiger partial charge on any atom is 0.139 e. The summed E-state index contributed by atoms with van der Waals surface area (Å²) >= 11 is 0. The number of hydrogen-bond donors (Lipinski definition) is 0. The van der Waals surface area contributed by atoms with E-state index in [1.54, 1.807) is 0 Å². The monoisotopic (exact) mass is 822 g/mol. The van der Waals surface area contributed by atoms with Gasteiger partial charge in [0.1, 0.15) is 33.5 Å². The average Bonchev–Trinajstić information content (AvgIpc) is 3.94. The molecule has 0 saturated carbocycles. The Balaban J connectivity index is 0.000000112. The maximum absolute atomic E-state index is 6.22. The third kappa shape index (κ3) is 7.30. The minimum atomic E-state index is 0.0347. The van der Waals surface area contributed by atoms with Gasteiger partial charge in [0.2, 0.25) is 0 Å². The van der Waals surface area contributed by atoms with Crippen LogP contribution in [-0.4, -0.2) is 0 Å². The lowest BCUT2D eigenvalue weighted by Crippen LogP contribution is -2.12. The first kappa shape index (κ1) is 40.2. The predicted octanol–water partition coefficient (Wildman–Crippen LogP) is 18.1. The molecule has 3 heterocycles. The van der Waals surface area contributed by atoms with Crippen LogP contribution < -0.4 is 0 Å². The Hall–Kier alpha value is -6.84. The van der Waals surface area contributed by atoms with Crippen molar-refractivity contribution in [1.29, 1.82) is 0 Å². The minimum Gasteiger partial charge on any atom is -0.456 e. The fourth-order valence-electron chi connectivity index (χ4n) is 9.21. The van der Waals surface area contributed by atoms with E-state index in [0.717, 1.165) is 33.5 Å². The van der Waals surface area contributed by atoms with Crippen molar-refractivity contribution >= 4 is 98.1 Å². The van der Waals surface area contributed by atoms with Crippen LogP contribution in [0.15, 0.2) is 177 Å². The predicted molar refractivity (Wildman–Crippen MR) is 270 cm³/mol. The van der Waals surface area contributed by atoms with Crippen LogP contribution in [-0.2, 0) is 16.2 Å². The van der Waals surface area contributed by atoms with Gasteiger partial charge < -0.3 is 13.3 Å². The third-order valence-corrected chi connectivity index (χ3v) is 12.6. The number of fused-ring (bicyclic) bond motifs is 13. The van der Waals surface area contributed by atoms with E-state index in [1.165, 1.54) is 81.3 Å². The highest BCUT2D eigenvalue weighted by Gasteiger charge is 2.24. The Bertz CT molecular complexity index is 3670. The van der Waals surface area contributed by atoms with E-state index in [0.29, 0.717) is 0 Å². The molecule has 9 aromatic carbocycles. The molecule has 0 aliphatic rings. The van der Waals surface area contributed by atoms with Crippen molar-refractivity contribution in [2.45, 2.75) is 78.6 Å². The summed E-state index contributed by atoms with van der Waals surface area (Å²) in [4.78, 5) is 0. The quantitative estimate of drug-likeness (QED) is 0.153. The second kappa shape index (κ2) is 14.9. The molecule has 0 amide bonds. The summed E-state index contributed by atoms with van der Waals surface area (Å²) in [6.07, 6.45) is 0. The molecule has 0 bridgehead atoms. The molecule has 0 saturated heterocycles. The van der Waals surface area contributed by atoms with Crippen LogP contribution in [0.25, 0.3) is 98.1 Å². The highest BCUT2D eigenvalue weighted by Crippen LogP contribution is 2.42. The van der Waals surface area contributed by atoms with Crippen molar-refractivity contribution in [3.63, 3.8) is 0 Å². The molecule has 0 radical (unpaired) electrons. The van der Waals surface area contributed by atoms with Gasteiger partial charge in [0.25, 0.3) is 0 Å². The molecular formula is C60H54O3. The smallest absolute Gasteiger partial charge is 0.139 e. The zero-order valence-corrected chi connectivity index (χ0v) is 37.8. The zero-order chi connectivity index (χ0) is 43.8. The van der Waals surface area contributed by atoms with Crippen LogP contribution in [0.5, 0.6) is 0 Å². The van der Waals surface area contributed by atoms with E-state index in [1.807, 2.05) is 12.1 Å². The van der Waals surface area contributed by atoms with Gasteiger partial charge in [-0.1, -0.05) is 172 Å². The summed E-state index contributed by atoms with van der Waals surface area (Å²) in [6, 6.07) is 57.8. The normalized spacial score (nSPS) is 12.5. The summed E-state index contributed by atoms with van der Waals surface area (Å²) in [5.74, 6) is 0. The van der Waals surface area contributed by atoms with Crippen molar-refractivity contribution in [2.24, 2.45) is 0 Å². The fraction of sp³-hybridized carbons (Fsp3) is 0.200. The van der Waals surface area contributed by atoms with Gasteiger partial charge in [-0.2, -0.15) is 0 Å². The van der Waals surface area contributed by atoms with Crippen LogP contribution in [0.4, 0.5) is 0 Å². The van der Waals surface area contributed by atoms with E-state index < -0.39 is 0 Å². The third-order valence-electron chi connectivity index (χ3n) is 12.6.